The lowest BCUT2D eigenvalue weighted by atomic mass is 9.96. The zero-order valence-electron chi connectivity index (χ0n) is 72.7. The van der Waals surface area contributed by atoms with Gasteiger partial charge in [0.2, 0.25) is 0 Å². The van der Waals surface area contributed by atoms with Gasteiger partial charge in [0.15, 0.2) is 0 Å². The number of benzene rings is 20. The van der Waals surface area contributed by atoms with Crippen molar-refractivity contribution in [2.24, 2.45) is 0 Å². The molecule has 0 aliphatic rings. The molecule has 6 nitrogen and oxygen atoms in total. The van der Waals surface area contributed by atoms with Crippen LogP contribution >= 0.6 is 34.0 Å². The van der Waals surface area contributed by atoms with Crippen molar-refractivity contribution >= 4 is 193 Å². The second kappa shape index (κ2) is 32.0. The molecular formula is C126H77N3O3S3. The van der Waals surface area contributed by atoms with Crippen LogP contribution in [0.3, 0.4) is 0 Å². The van der Waals surface area contributed by atoms with Gasteiger partial charge in [0.25, 0.3) is 0 Å². The van der Waals surface area contributed by atoms with Crippen LogP contribution in [0.5, 0.6) is 0 Å². The number of hydrogen-bond acceptors (Lipinski definition) is 6. The molecule has 20 aromatic carbocycles. The van der Waals surface area contributed by atoms with Crippen LogP contribution in [0.25, 0.3) is 266 Å². The van der Waals surface area contributed by atoms with E-state index in [1.807, 2.05) is 40.1 Å². The fourth-order valence-electron chi connectivity index (χ4n) is 20.9. The number of para-hydroxylation sites is 10. The Morgan fingerprint density at radius 1 is 0.148 bits per heavy atom. The van der Waals surface area contributed by atoms with E-state index < -0.39 is 0 Å². The molecule has 0 atom stereocenters. The van der Waals surface area contributed by atoms with Crippen LogP contribution in [0.2, 0.25) is 0 Å². The third kappa shape index (κ3) is 12.8. The highest BCUT2D eigenvalue weighted by molar-refractivity contribution is 7.28. The first-order valence-electron chi connectivity index (χ1n) is 45.7. The molecule has 0 aliphatic heterocycles. The summed E-state index contributed by atoms with van der Waals surface area (Å²) in [6, 6.07) is 167. The van der Waals surface area contributed by atoms with E-state index in [4.69, 9.17) is 13.3 Å². The number of fused-ring (bicyclic) bond motifs is 24. The first-order chi connectivity index (χ1) is 67.0. The maximum atomic E-state index is 6.76. The standard InChI is InChI=1S/2C44H27NOS.C38H23NOS/c1-3-13-28(14-4-1)32-20-10-23-35-36-24-11-21-33(42(36)46-41(32)35)29-15-9-16-30(27-29)34-22-12-25-38-40-44(47-43(34)38)37-19-7-8-26-39(37)45(40)31-17-5-2-6-18-31;1-3-12-28(13-4-1)29-24-25-40-38(27-29)35-21-10-19-33(42(35)46-40)30-14-9-15-31(26-30)34-20-11-22-37-41-44(47-43(34)37)36-18-7-8-23-39(36)45(41)32-16-5-2-6-17-32;1-3-11-24(12-4-1)25-21-22-27-28-16-9-17-29(36(28)40-34(27)23-25)30-18-10-19-32-35-38(41-37(30)32)31-15-7-8-20-33(31)39(35)26-13-5-2-6-14-26/h2*1-27H;1-23H. The molecule has 135 heavy (non-hydrogen) atoms. The Bertz CT molecular complexity index is 9740. The molecule has 0 N–H and O–H groups in total. The van der Waals surface area contributed by atoms with E-state index in [9.17, 15) is 0 Å². The Balaban J connectivity index is 0.000000103. The Morgan fingerprint density at radius 3 is 0.881 bits per heavy atom. The quantitative estimate of drug-likeness (QED) is 0.130. The fraction of sp³-hybridized carbons (Fsp3) is 0. The van der Waals surface area contributed by atoms with E-state index in [1.54, 1.807) is 0 Å². The molecule has 9 heteroatoms. The minimum absolute atomic E-state index is 0.907. The Morgan fingerprint density at radius 2 is 0.437 bits per heavy atom. The molecule has 0 saturated carbocycles. The third-order valence-electron chi connectivity index (χ3n) is 27.0. The predicted octanol–water partition coefficient (Wildman–Crippen LogP) is 37.0. The summed E-state index contributed by atoms with van der Waals surface area (Å²) < 4.78 is 35.1. The minimum Gasteiger partial charge on any atom is -0.455 e. The van der Waals surface area contributed by atoms with E-state index in [0.717, 1.165) is 110 Å². The van der Waals surface area contributed by atoms with Gasteiger partial charge < -0.3 is 27.0 Å². The van der Waals surface area contributed by atoms with Crippen LogP contribution < -0.4 is 0 Å². The summed E-state index contributed by atoms with van der Waals surface area (Å²) in [5.74, 6) is 0. The summed E-state index contributed by atoms with van der Waals surface area (Å²) in [5.41, 5.74) is 35.4. The van der Waals surface area contributed by atoms with Crippen molar-refractivity contribution in [2.75, 3.05) is 0 Å². The average Bonchev–Trinajstić information content (AvgIpc) is 1.56. The van der Waals surface area contributed by atoms with Crippen molar-refractivity contribution in [3.05, 3.63) is 467 Å². The summed E-state index contributed by atoms with van der Waals surface area (Å²) in [4.78, 5) is 0. The largest absolute Gasteiger partial charge is 0.455 e. The highest BCUT2D eigenvalue weighted by Gasteiger charge is 2.27. The van der Waals surface area contributed by atoms with Crippen molar-refractivity contribution in [3.63, 3.8) is 0 Å². The molecule has 9 heterocycles. The van der Waals surface area contributed by atoms with Crippen LogP contribution in [0.15, 0.2) is 480 Å². The number of aromatic nitrogens is 3. The van der Waals surface area contributed by atoms with Gasteiger partial charge in [-0.15, -0.1) is 34.0 Å². The van der Waals surface area contributed by atoms with Crippen LogP contribution in [0.1, 0.15) is 0 Å². The average molecular weight is 1780 g/mol. The first-order valence-corrected chi connectivity index (χ1v) is 48.2. The fourth-order valence-corrected chi connectivity index (χ4v) is 25.0. The Labute approximate surface area is 787 Å². The summed E-state index contributed by atoms with van der Waals surface area (Å²) in [5, 5.41) is 14.5. The molecule has 0 radical (unpaired) electrons. The van der Waals surface area contributed by atoms with Crippen molar-refractivity contribution in [1.29, 1.82) is 0 Å². The monoisotopic (exact) mass is 1780 g/mol. The van der Waals surface area contributed by atoms with Crippen molar-refractivity contribution in [2.45, 2.75) is 0 Å². The number of rotatable bonds is 11. The summed E-state index contributed by atoms with van der Waals surface area (Å²) in [6.45, 7) is 0. The van der Waals surface area contributed by atoms with Gasteiger partial charge in [-0.05, 0) is 152 Å². The van der Waals surface area contributed by atoms with Gasteiger partial charge in [-0.3, -0.25) is 0 Å². The maximum Gasteiger partial charge on any atom is 0.143 e. The first kappa shape index (κ1) is 78.0. The number of nitrogens with zero attached hydrogens (tertiary/aromatic N) is 3. The van der Waals surface area contributed by atoms with E-state index in [0.29, 0.717) is 0 Å². The van der Waals surface area contributed by atoms with Crippen LogP contribution in [-0.4, -0.2) is 13.7 Å². The SMILES string of the molecule is c1ccc(-c2ccc3c(c2)oc2c(-c4cccc5c4sc4c6ccccc6n(-c6ccccc6)c54)cccc23)cc1.c1ccc(-c2ccc3oc4c(-c5cccc(-c6cccc7c6sc6c8ccccc8n(-c8ccccc8)c76)c5)cccc4c3c2)cc1.c1ccc(-c2cccc3c2oc2c(-c4cccc(-c5cccc6c5sc5c7ccccc7n(-c7ccccc7)c65)c4)cccc23)cc1. The zero-order valence-corrected chi connectivity index (χ0v) is 75.2. The lowest BCUT2D eigenvalue weighted by molar-refractivity contribution is 0.669. The molecule has 0 aliphatic carbocycles. The van der Waals surface area contributed by atoms with E-state index in [-0.39, 0.29) is 0 Å². The molecule has 632 valence electrons. The van der Waals surface area contributed by atoms with Gasteiger partial charge >= 0.3 is 0 Å². The normalized spacial score (nSPS) is 11.9. The second-order valence-corrected chi connectivity index (χ2v) is 37.7. The smallest absolute Gasteiger partial charge is 0.143 e. The van der Waals surface area contributed by atoms with Crippen LogP contribution in [0.4, 0.5) is 0 Å². The lowest BCUT2D eigenvalue weighted by Gasteiger charge is -2.10. The molecule has 0 amide bonds. The highest BCUT2D eigenvalue weighted by atomic mass is 32.1. The zero-order chi connectivity index (χ0) is 88.7. The van der Waals surface area contributed by atoms with Gasteiger partial charge in [-0.2, -0.15) is 0 Å². The van der Waals surface area contributed by atoms with Crippen molar-refractivity contribution in [3.8, 4) is 106 Å². The molecular weight excluding hydrogens is 1700 g/mol. The van der Waals surface area contributed by atoms with Gasteiger partial charge in [0.1, 0.15) is 33.5 Å². The highest BCUT2D eigenvalue weighted by Crippen LogP contribution is 2.53. The Hall–Kier alpha value is -16.9. The molecule has 0 unspecified atom stereocenters. The van der Waals surface area contributed by atoms with Gasteiger partial charge in [-0.25, -0.2) is 0 Å². The molecule has 9 aromatic heterocycles. The maximum absolute atomic E-state index is 6.76. The molecule has 0 fully saturated rings. The number of furan rings is 3. The van der Waals surface area contributed by atoms with Crippen molar-refractivity contribution in [1.82, 2.24) is 13.7 Å². The predicted molar refractivity (Wildman–Crippen MR) is 574 cm³/mol. The van der Waals surface area contributed by atoms with Crippen LogP contribution in [0, 0.1) is 0 Å². The molecule has 0 bridgehead atoms. The molecule has 29 rings (SSSR count). The minimum atomic E-state index is 0.907. The Kier molecular flexibility index (Phi) is 18.5. The number of thiophene rings is 3. The second-order valence-electron chi connectivity index (χ2n) is 34.7. The van der Waals surface area contributed by atoms with E-state index in [2.05, 4.69) is 475 Å². The topological polar surface area (TPSA) is 54.2 Å². The summed E-state index contributed by atoms with van der Waals surface area (Å²) in [7, 11) is 0. The van der Waals surface area contributed by atoms with E-state index >= 15 is 0 Å². The van der Waals surface area contributed by atoms with Crippen LogP contribution in [-0.2, 0) is 0 Å². The van der Waals surface area contributed by atoms with Crippen molar-refractivity contribution < 1.29 is 13.3 Å². The summed E-state index contributed by atoms with van der Waals surface area (Å²) in [6.07, 6.45) is 0. The van der Waals surface area contributed by atoms with Gasteiger partial charge in [-0.1, -0.05) is 376 Å². The van der Waals surface area contributed by atoms with Gasteiger partial charge in [0.05, 0.1) is 47.2 Å². The summed E-state index contributed by atoms with van der Waals surface area (Å²) >= 11 is 5.67. The lowest BCUT2D eigenvalue weighted by Crippen LogP contribution is -1.92. The molecule has 0 saturated heterocycles. The number of hydrogen-bond donors (Lipinski definition) is 0. The molecule has 0 spiro atoms. The third-order valence-corrected chi connectivity index (χ3v) is 30.8. The molecule has 29 aromatic rings. The van der Waals surface area contributed by atoms with Gasteiger partial charge in [0, 0.05) is 124 Å². The van der Waals surface area contributed by atoms with E-state index in [1.165, 1.54) is 155 Å².